The van der Waals surface area contributed by atoms with Crippen molar-refractivity contribution in [2.24, 2.45) is 0 Å². The maximum Gasteiger partial charge on any atom is 0.493 e. The van der Waals surface area contributed by atoms with Crippen molar-refractivity contribution < 1.29 is 41.5 Å². The number of hydrogen-bond acceptors (Lipinski definition) is 6. The van der Waals surface area contributed by atoms with E-state index in [-0.39, 0.29) is 21.5 Å². The zero-order valence-corrected chi connectivity index (χ0v) is 22.2. The number of anilines is 1. The first-order valence-corrected chi connectivity index (χ1v) is 12.5. The predicted octanol–water partition coefficient (Wildman–Crippen LogP) is 5.23. The van der Waals surface area contributed by atoms with Gasteiger partial charge in [0, 0.05) is 28.6 Å². The highest BCUT2D eigenvalue weighted by molar-refractivity contribution is 6.30. The molecule has 1 aliphatic carbocycles. The van der Waals surface area contributed by atoms with Crippen molar-refractivity contribution in [2.45, 2.75) is 49.4 Å². The summed E-state index contributed by atoms with van der Waals surface area (Å²) in [6.07, 6.45) is -2.89. The number of hydrogen-bond donors (Lipinski definition) is 1. The van der Waals surface area contributed by atoms with E-state index in [9.17, 15) is 27.2 Å². The molecule has 0 spiro atoms. The Morgan fingerprint density at radius 1 is 1.10 bits per heavy atom. The molecule has 8 nitrogen and oxygen atoms in total. The Hall–Kier alpha value is -3.25. The van der Waals surface area contributed by atoms with Crippen LogP contribution in [0.3, 0.4) is 0 Å². The van der Waals surface area contributed by atoms with Gasteiger partial charge in [0.05, 0.1) is 19.9 Å². The average Bonchev–Trinajstić information content (AvgIpc) is 3.22. The molecule has 2 fully saturated rings. The number of urea groups is 1. The number of rotatable bonds is 5. The number of likely N-dealkylation sites (tertiary alicyclic amines) is 1. The van der Waals surface area contributed by atoms with Gasteiger partial charge in [-0.25, -0.2) is 14.0 Å². The molecule has 2 aromatic rings. The quantitative estimate of drug-likeness (QED) is 0.390. The van der Waals surface area contributed by atoms with Gasteiger partial charge in [-0.1, -0.05) is 17.7 Å². The summed E-state index contributed by atoms with van der Waals surface area (Å²) in [5.74, 6) is -2.36. The minimum absolute atomic E-state index is 0.00978. The van der Waals surface area contributed by atoms with E-state index in [4.69, 9.17) is 21.1 Å². The lowest BCUT2D eigenvalue weighted by Crippen LogP contribution is -2.54. The molecule has 0 radical (unpaired) electrons. The van der Waals surface area contributed by atoms with Crippen molar-refractivity contribution in [2.75, 3.05) is 32.9 Å². The topological polar surface area (TPSA) is 80.3 Å². The number of benzene rings is 2. The highest BCUT2D eigenvalue weighted by Gasteiger charge is 2.51. The van der Waals surface area contributed by atoms with E-state index in [1.165, 1.54) is 0 Å². The van der Waals surface area contributed by atoms with Crippen LogP contribution < -0.4 is 19.9 Å². The van der Waals surface area contributed by atoms with Gasteiger partial charge >= 0.3 is 18.2 Å². The average molecular weight is 574 g/mol. The molecule has 212 valence electrons. The lowest BCUT2D eigenvalue weighted by Gasteiger charge is -2.45. The van der Waals surface area contributed by atoms with Crippen molar-refractivity contribution in [1.82, 2.24) is 10.2 Å². The number of ether oxygens (including phenoxy) is 2. The van der Waals surface area contributed by atoms with Gasteiger partial charge in [-0.3, -0.25) is 0 Å². The zero-order chi connectivity index (χ0) is 28.5. The number of amides is 2. The third-order valence-corrected chi connectivity index (χ3v) is 7.70. The summed E-state index contributed by atoms with van der Waals surface area (Å²) < 4.78 is 63.6. The molecule has 4 rings (SSSR count). The van der Waals surface area contributed by atoms with Crippen LogP contribution in [-0.2, 0) is 15.0 Å². The predicted molar refractivity (Wildman–Crippen MR) is 134 cm³/mol. The van der Waals surface area contributed by atoms with Crippen LogP contribution in [-0.4, -0.2) is 63.0 Å². The van der Waals surface area contributed by atoms with E-state index in [0.29, 0.717) is 30.8 Å². The number of nitrogens with one attached hydrogen (secondary N) is 1. The Morgan fingerprint density at radius 2 is 1.82 bits per heavy atom. The fourth-order valence-electron chi connectivity index (χ4n) is 5.63. The Bertz CT molecular complexity index is 1230. The molecule has 0 bridgehead atoms. The van der Waals surface area contributed by atoms with Gasteiger partial charge < -0.3 is 24.5 Å². The zero-order valence-electron chi connectivity index (χ0n) is 21.5. The van der Waals surface area contributed by atoms with Crippen molar-refractivity contribution in [3.05, 3.63) is 52.8 Å². The maximum atomic E-state index is 13.9. The second kappa shape index (κ2) is 11.1. The van der Waals surface area contributed by atoms with Crippen molar-refractivity contribution in [3.8, 4) is 11.5 Å². The second-order valence-electron chi connectivity index (χ2n) is 9.69. The van der Waals surface area contributed by atoms with Gasteiger partial charge in [-0.2, -0.15) is 13.2 Å². The number of fused-ring (bicyclic) bond motifs is 1. The van der Waals surface area contributed by atoms with Crippen LogP contribution in [0.25, 0.3) is 0 Å². The van der Waals surface area contributed by atoms with Crippen molar-refractivity contribution in [3.63, 3.8) is 0 Å². The minimum atomic E-state index is -5.38. The first kappa shape index (κ1) is 28.8. The molecule has 3 atom stereocenters. The minimum Gasteiger partial charge on any atom is -0.493 e. The molecule has 1 saturated heterocycles. The molecule has 1 heterocycles. The third kappa shape index (κ3) is 5.86. The van der Waals surface area contributed by atoms with Gasteiger partial charge in [0.2, 0.25) is 0 Å². The van der Waals surface area contributed by atoms with Crippen molar-refractivity contribution >= 4 is 29.3 Å². The van der Waals surface area contributed by atoms with Gasteiger partial charge in [-0.15, -0.1) is 5.06 Å². The molecular weight excluding hydrogens is 546 g/mol. The molecule has 0 unspecified atom stereocenters. The molecule has 39 heavy (non-hydrogen) atoms. The molecule has 2 amide bonds. The van der Waals surface area contributed by atoms with Gasteiger partial charge in [0.1, 0.15) is 5.82 Å². The van der Waals surface area contributed by atoms with Crippen molar-refractivity contribution in [1.29, 1.82) is 0 Å². The lowest BCUT2D eigenvalue weighted by atomic mass is 9.65. The molecule has 2 aliphatic rings. The number of alkyl halides is 3. The summed E-state index contributed by atoms with van der Waals surface area (Å²) in [5.41, 5.74) is 0.353. The van der Waals surface area contributed by atoms with Gasteiger partial charge in [-0.05, 0) is 69.1 Å². The molecular formula is C26H28ClF4N3O5. The van der Waals surface area contributed by atoms with E-state index in [0.717, 1.165) is 36.7 Å². The summed E-state index contributed by atoms with van der Waals surface area (Å²) >= 11 is 5.82. The third-order valence-electron chi connectivity index (χ3n) is 7.49. The Morgan fingerprint density at radius 3 is 2.46 bits per heavy atom. The maximum absolute atomic E-state index is 13.9. The number of methoxy groups -OCH3 is 2. The molecule has 1 N–H and O–H groups in total. The number of likely N-dealkylation sites (N-methyl/N-ethyl adjacent to an activating group) is 1. The van der Waals surface area contributed by atoms with Gasteiger partial charge in [0.15, 0.2) is 11.5 Å². The Balaban J connectivity index is 1.57. The van der Waals surface area contributed by atoms with Crippen LogP contribution >= 0.6 is 11.6 Å². The first-order chi connectivity index (χ1) is 18.4. The largest absolute Gasteiger partial charge is 0.493 e. The van der Waals surface area contributed by atoms with E-state index in [1.807, 2.05) is 25.2 Å². The highest BCUT2D eigenvalue weighted by Crippen LogP contribution is 2.50. The smallest absolute Gasteiger partial charge is 0.493 e. The summed E-state index contributed by atoms with van der Waals surface area (Å²) in [4.78, 5) is 31.3. The summed E-state index contributed by atoms with van der Waals surface area (Å²) in [7, 11) is 5.10. The second-order valence-corrected chi connectivity index (χ2v) is 10.1. The van der Waals surface area contributed by atoms with Gasteiger partial charge in [0.25, 0.3) is 0 Å². The fraction of sp³-hybridized carbons (Fsp3) is 0.462. The standard InChI is InChI=1S/C26H28ClF4N3O5/c1-33-9-8-25(15-4-5-20(37-2)21(10-15)38-3)7-6-18(14-22(25)33)32-24(36)34(39-23(35)26(29,30)31)19-12-16(27)11-17(28)13-19/h4-5,10-13,18,22H,6-9,14H2,1-3H3,(H,32,36)/t18-,22+,25+/m1/s1. The monoisotopic (exact) mass is 573 g/mol. The summed E-state index contributed by atoms with van der Waals surface area (Å²) in [6.45, 7) is 0.802. The molecule has 2 aromatic carbocycles. The van der Waals surface area contributed by atoms with E-state index in [1.54, 1.807) is 14.2 Å². The number of halogens is 5. The van der Waals surface area contributed by atoms with Crippen LogP contribution in [0.4, 0.5) is 28.0 Å². The van der Waals surface area contributed by atoms with E-state index >= 15 is 0 Å². The summed E-state index contributed by atoms with van der Waals surface area (Å²) in [5, 5.41) is 2.55. The lowest BCUT2D eigenvalue weighted by molar-refractivity contribution is -0.199. The highest BCUT2D eigenvalue weighted by atomic mass is 35.5. The normalized spacial score (nSPS) is 23.1. The van der Waals surface area contributed by atoms with E-state index in [2.05, 4.69) is 15.1 Å². The van der Waals surface area contributed by atoms with Crippen LogP contribution in [0.5, 0.6) is 11.5 Å². The number of carbonyl (C=O) groups is 2. The Kier molecular flexibility index (Phi) is 8.17. The Labute approximate surface area is 227 Å². The fourth-order valence-corrected chi connectivity index (χ4v) is 5.85. The molecule has 13 heteroatoms. The number of nitrogens with zero attached hydrogens (tertiary/aromatic N) is 2. The van der Waals surface area contributed by atoms with Crippen LogP contribution in [0.2, 0.25) is 5.02 Å². The molecule has 1 aliphatic heterocycles. The van der Waals surface area contributed by atoms with Crippen LogP contribution in [0, 0.1) is 5.82 Å². The molecule has 1 saturated carbocycles. The SMILES string of the molecule is COc1ccc([C@@]23CC[C@@H](NC(=O)N(OC(=O)C(F)(F)F)c4cc(F)cc(Cl)c4)C[C@@H]2N(C)CC3)cc1OC. The van der Waals surface area contributed by atoms with Crippen LogP contribution in [0.1, 0.15) is 31.2 Å². The molecule has 0 aromatic heterocycles. The number of hydroxylamine groups is 1. The van der Waals surface area contributed by atoms with Crippen LogP contribution in [0.15, 0.2) is 36.4 Å². The number of carbonyl (C=O) groups excluding carboxylic acids is 2. The van der Waals surface area contributed by atoms with E-state index < -0.39 is 35.7 Å². The summed E-state index contributed by atoms with van der Waals surface area (Å²) in [6, 6.07) is 6.83. The first-order valence-electron chi connectivity index (χ1n) is 12.2.